The van der Waals surface area contributed by atoms with Gasteiger partial charge in [0.05, 0.1) is 12.1 Å². The molecule has 1 aliphatic carbocycles. The number of rotatable bonds is 3. The predicted octanol–water partition coefficient (Wildman–Crippen LogP) is 2.67. The van der Waals surface area contributed by atoms with Gasteiger partial charge in [-0.2, -0.15) is 0 Å². The normalized spacial score (nSPS) is 19.8. The molecule has 2 fully saturated rings. The zero-order valence-electron chi connectivity index (χ0n) is 13.4. The molecule has 1 amide bonds. The van der Waals surface area contributed by atoms with E-state index in [-0.39, 0.29) is 30.7 Å². The highest BCUT2D eigenvalue weighted by Crippen LogP contribution is 2.24. The molecule has 0 radical (unpaired) electrons. The largest absolute Gasteiger partial charge is 0.467 e. The summed E-state index contributed by atoms with van der Waals surface area (Å²) in [5.74, 6) is 0.743. The Hall–Kier alpha value is -0.750. The summed E-state index contributed by atoms with van der Waals surface area (Å²) in [5, 5.41) is 0. The quantitative estimate of drug-likeness (QED) is 0.896. The summed E-state index contributed by atoms with van der Waals surface area (Å²) in [4.78, 5) is 17.1. The van der Waals surface area contributed by atoms with Crippen molar-refractivity contribution >= 4 is 30.7 Å². The Labute approximate surface area is 150 Å². The lowest BCUT2D eigenvalue weighted by Crippen LogP contribution is -2.38. The lowest BCUT2D eigenvalue weighted by atomic mass is 10.2. The summed E-state index contributed by atoms with van der Waals surface area (Å²) < 4.78 is 5.28. The molecule has 2 N–H and O–H groups in total. The van der Waals surface area contributed by atoms with Crippen LogP contribution in [0.4, 0.5) is 0 Å². The fraction of sp³-hybridized carbons (Fsp3) is 0.688. The van der Waals surface area contributed by atoms with Crippen molar-refractivity contribution in [2.75, 3.05) is 26.2 Å². The van der Waals surface area contributed by atoms with Crippen LogP contribution in [-0.4, -0.2) is 47.9 Å². The van der Waals surface area contributed by atoms with E-state index in [2.05, 4.69) is 4.90 Å². The van der Waals surface area contributed by atoms with Gasteiger partial charge in [0.15, 0.2) is 0 Å². The molecule has 2 aliphatic rings. The maximum Gasteiger partial charge on any atom is 0.257 e. The molecule has 0 atom stereocenters. The Bertz CT molecular complexity index is 489. The predicted molar refractivity (Wildman–Crippen MR) is 95.4 cm³/mol. The number of hydrogen-bond acceptors (Lipinski definition) is 4. The van der Waals surface area contributed by atoms with Crippen molar-refractivity contribution in [3.05, 3.63) is 23.7 Å². The molecule has 3 rings (SSSR count). The lowest BCUT2D eigenvalue weighted by Gasteiger charge is -2.27. The maximum atomic E-state index is 12.5. The number of hydrogen-bond donors (Lipinski definition) is 1. The molecule has 1 saturated carbocycles. The monoisotopic (exact) mass is 363 g/mol. The minimum absolute atomic E-state index is 0. The number of carbonyl (C=O) groups is 1. The van der Waals surface area contributed by atoms with Gasteiger partial charge in [0.2, 0.25) is 0 Å². The molecule has 2 heterocycles. The van der Waals surface area contributed by atoms with Crippen LogP contribution < -0.4 is 5.73 Å². The molecule has 132 valence electrons. The zero-order valence-corrected chi connectivity index (χ0v) is 15.0. The molecule has 23 heavy (non-hydrogen) atoms. The molecular formula is C16H27Cl2N3O2. The molecule has 5 nitrogen and oxygen atoms in total. The van der Waals surface area contributed by atoms with Gasteiger partial charge in [0, 0.05) is 32.2 Å². The molecule has 1 saturated heterocycles. The first kappa shape index (κ1) is 20.3. The van der Waals surface area contributed by atoms with Gasteiger partial charge in [-0.15, -0.1) is 24.8 Å². The summed E-state index contributed by atoms with van der Waals surface area (Å²) in [5.41, 5.74) is 6.16. The first-order valence-electron chi connectivity index (χ1n) is 8.08. The molecule has 7 heteroatoms. The first-order chi connectivity index (χ1) is 10.3. The Morgan fingerprint density at radius 3 is 2.52 bits per heavy atom. The van der Waals surface area contributed by atoms with E-state index < -0.39 is 0 Å². The third-order valence-corrected chi connectivity index (χ3v) is 4.76. The van der Waals surface area contributed by atoms with E-state index in [9.17, 15) is 4.79 Å². The van der Waals surface area contributed by atoms with Crippen LogP contribution in [0.2, 0.25) is 0 Å². The van der Waals surface area contributed by atoms with E-state index in [1.165, 1.54) is 31.9 Å². The Balaban J connectivity index is 0.00000132. The number of nitrogens with zero attached hydrogens (tertiary/aromatic N) is 2. The fourth-order valence-corrected chi connectivity index (χ4v) is 3.56. The smallest absolute Gasteiger partial charge is 0.257 e. The van der Waals surface area contributed by atoms with Crippen LogP contribution in [0.15, 0.2) is 16.7 Å². The molecular weight excluding hydrogens is 337 g/mol. The minimum atomic E-state index is 0. The van der Waals surface area contributed by atoms with Crippen molar-refractivity contribution in [3.8, 4) is 0 Å². The standard InChI is InChI=1S/C16H25N3O2.2ClH/c17-11-15-10-13(12-21-15)16(20)19-7-3-6-18(8-9-19)14-4-1-2-5-14;;/h10,12,14H,1-9,11,17H2;2*1H. The van der Waals surface area contributed by atoms with Gasteiger partial charge >= 0.3 is 0 Å². The Morgan fingerprint density at radius 1 is 1.13 bits per heavy atom. The first-order valence-corrected chi connectivity index (χ1v) is 8.08. The molecule has 0 aromatic carbocycles. The van der Waals surface area contributed by atoms with E-state index >= 15 is 0 Å². The Morgan fingerprint density at radius 2 is 1.87 bits per heavy atom. The van der Waals surface area contributed by atoms with Crippen molar-refractivity contribution in [1.82, 2.24) is 9.80 Å². The van der Waals surface area contributed by atoms with Gasteiger partial charge in [-0.3, -0.25) is 9.69 Å². The van der Waals surface area contributed by atoms with Crippen LogP contribution in [0.3, 0.4) is 0 Å². The molecule has 1 aliphatic heterocycles. The van der Waals surface area contributed by atoms with Crippen LogP contribution in [0, 0.1) is 0 Å². The number of nitrogens with two attached hydrogens (primary N) is 1. The highest BCUT2D eigenvalue weighted by molar-refractivity contribution is 5.94. The summed E-state index contributed by atoms with van der Waals surface area (Å²) in [6.45, 7) is 4.11. The summed E-state index contributed by atoms with van der Waals surface area (Å²) in [7, 11) is 0. The highest BCUT2D eigenvalue weighted by atomic mass is 35.5. The lowest BCUT2D eigenvalue weighted by molar-refractivity contribution is 0.0757. The van der Waals surface area contributed by atoms with Gasteiger partial charge in [0.1, 0.15) is 12.0 Å². The zero-order chi connectivity index (χ0) is 14.7. The molecule has 0 spiro atoms. The average molecular weight is 364 g/mol. The van der Waals surface area contributed by atoms with Gasteiger partial charge in [-0.1, -0.05) is 12.8 Å². The van der Waals surface area contributed by atoms with E-state index in [1.807, 2.05) is 4.90 Å². The number of halogens is 2. The second-order valence-electron chi connectivity index (χ2n) is 6.13. The van der Waals surface area contributed by atoms with Crippen molar-refractivity contribution in [3.63, 3.8) is 0 Å². The van der Waals surface area contributed by atoms with Crippen LogP contribution in [0.1, 0.15) is 48.2 Å². The number of amides is 1. The summed E-state index contributed by atoms with van der Waals surface area (Å²) >= 11 is 0. The Kier molecular flexibility index (Phi) is 8.40. The topological polar surface area (TPSA) is 62.7 Å². The van der Waals surface area contributed by atoms with Crippen molar-refractivity contribution in [2.24, 2.45) is 5.73 Å². The maximum absolute atomic E-state index is 12.5. The second kappa shape index (κ2) is 9.52. The third kappa shape index (κ3) is 4.86. The highest BCUT2D eigenvalue weighted by Gasteiger charge is 2.26. The fourth-order valence-electron chi connectivity index (χ4n) is 3.56. The van der Waals surface area contributed by atoms with Gasteiger partial charge < -0.3 is 15.1 Å². The van der Waals surface area contributed by atoms with Crippen LogP contribution >= 0.6 is 24.8 Å². The molecule has 1 aromatic rings. The van der Waals surface area contributed by atoms with Gasteiger partial charge in [0.25, 0.3) is 5.91 Å². The van der Waals surface area contributed by atoms with Gasteiger partial charge in [-0.25, -0.2) is 0 Å². The van der Waals surface area contributed by atoms with E-state index in [0.29, 0.717) is 17.9 Å². The summed E-state index contributed by atoms with van der Waals surface area (Å²) in [6, 6.07) is 2.51. The van der Waals surface area contributed by atoms with Crippen LogP contribution in [-0.2, 0) is 6.54 Å². The van der Waals surface area contributed by atoms with E-state index in [4.69, 9.17) is 10.2 Å². The minimum Gasteiger partial charge on any atom is -0.467 e. The number of furan rings is 1. The third-order valence-electron chi connectivity index (χ3n) is 4.76. The SMILES string of the molecule is Cl.Cl.NCc1cc(C(=O)N2CCCN(C3CCCC3)CC2)co1. The van der Waals surface area contributed by atoms with Crippen molar-refractivity contribution in [1.29, 1.82) is 0 Å². The average Bonchev–Trinajstić information content (AvgIpc) is 3.14. The van der Waals surface area contributed by atoms with Crippen LogP contribution in [0.25, 0.3) is 0 Å². The molecule has 0 bridgehead atoms. The van der Waals surface area contributed by atoms with Gasteiger partial charge in [-0.05, 0) is 25.3 Å². The molecule has 1 aromatic heterocycles. The summed E-state index contributed by atoms with van der Waals surface area (Å²) in [6.07, 6.45) is 7.97. The van der Waals surface area contributed by atoms with Crippen LogP contribution in [0.5, 0.6) is 0 Å². The van der Waals surface area contributed by atoms with Crippen molar-refractivity contribution < 1.29 is 9.21 Å². The van der Waals surface area contributed by atoms with E-state index in [0.717, 1.165) is 38.6 Å². The second-order valence-corrected chi connectivity index (χ2v) is 6.13. The van der Waals surface area contributed by atoms with Crippen molar-refractivity contribution in [2.45, 2.75) is 44.7 Å². The molecule has 0 unspecified atom stereocenters. The number of carbonyl (C=O) groups excluding carboxylic acids is 1. The van der Waals surface area contributed by atoms with E-state index in [1.54, 1.807) is 6.07 Å².